The molecule has 0 N–H and O–H groups in total. The zero-order valence-electron chi connectivity index (χ0n) is 14.5. The molecule has 1 aliphatic rings. The maximum Gasteiger partial charge on any atom is 0.319 e. The molecule has 5 heteroatoms. The molecule has 1 unspecified atom stereocenters. The molecule has 2 rings (SSSR count). The van der Waals surface area contributed by atoms with Gasteiger partial charge in [-0.05, 0) is 49.6 Å². The summed E-state index contributed by atoms with van der Waals surface area (Å²) in [6, 6.07) is 5.84. The summed E-state index contributed by atoms with van der Waals surface area (Å²) < 4.78 is 16.8. The molecule has 0 spiro atoms. The number of halogens is 1. The summed E-state index contributed by atoms with van der Waals surface area (Å²) in [5.41, 5.74) is 1.29. The Kier molecular flexibility index (Phi) is 6.10. The molecule has 1 aliphatic carbocycles. The first-order valence-electron chi connectivity index (χ1n) is 7.80. The van der Waals surface area contributed by atoms with Gasteiger partial charge in [0.2, 0.25) is 0 Å². The monoisotopic (exact) mass is 394 g/mol. The van der Waals surface area contributed by atoms with Crippen LogP contribution in [0, 0.1) is 5.41 Å². The van der Waals surface area contributed by atoms with Crippen LogP contribution < -0.4 is 4.74 Å². The minimum atomic E-state index is -0.791. The third-order valence-electron chi connectivity index (χ3n) is 4.57. The molecule has 1 aromatic rings. The number of aryl methyl sites for hydroxylation is 1. The van der Waals surface area contributed by atoms with E-state index in [1.54, 1.807) is 14.2 Å². The number of carbonyl (C=O) groups excluding carboxylic acids is 1. The van der Waals surface area contributed by atoms with E-state index >= 15 is 0 Å². The van der Waals surface area contributed by atoms with Crippen molar-refractivity contribution in [2.45, 2.75) is 26.2 Å². The van der Waals surface area contributed by atoms with Gasteiger partial charge in [0.1, 0.15) is 11.2 Å². The second kappa shape index (κ2) is 7.88. The quantitative estimate of drug-likeness (QED) is 0.528. The zero-order valence-corrected chi connectivity index (χ0v) is 16.1. The number of methoxy groups -OCH3 is 3. The third kappa shape index (κ3) is 3.66. The average molecular weight is 395 g/mol. The van der Waals surface area contributed by atoms with E-state index in [9.17, 15) is 4.79 Å². The standard InChI is InChI=1S/C19H23BrO4/c1-13-5-6-16(23-3)12-19(13,18(21)24-4)10-9-14-11-15(22-2)7-8-17(14)20/h5,7-8,11-12H,6,9-10H2,1-4H3. The van der Waals surface area contributed by atoms with Gasteiger partial charge in [-0.1, -0.05) is 27.6 Å². The molecule has 24 heavy (non-hydrogen) atoms. The number of ether oxygens (including phenoxy) is 3. The molecule has 0 fully saturated rings. The molecule has 1 atom stereocenters. The predicted molar refractivity (Wildman–Crippen MR) is 96.9 cm³/mol. The van der Waals surface area contributed by atoms with Gasteiger partial charge < -0.3 is 14.2 Å². The van der Waals surface area contributed by atoms with Gasteiger partial charge in [-0.15, -0.1) is 0 Å². The SMILES string of the molecule is COC(=O)C1(CCc2cc(OC)ccc2Br)C=C(OC)CC=C1C. The molecule has 0 bridgehead atoms. The van der Waals surface area contributed by atoms with E-state index in [2.05, 4.69) is 15.9 Å². The van der Waals surface area contributed by atoms with Gasteiger partial charge in [0.05, 0.1) is 27.1 Å². The van der Waals surface area contributed by atoms with Crippen LogP contribution in [0.5, 0.6) is 5.75 Å². The Hall–Kier alpha value is -1.75. The van der Waals surface area contributed by atoms with Gasteiger partial charge >= 0.3 is 5.97 Å². The van der Waals surface area contributed by atoms with Gasteiger partial charge in [-0.2, -0.15) is 0 Å². The molecule has 0 saturated heterocycles. The summed E-state index contributed by atoms with van der Waals surface area (Å²) in [6.45, 7) is 1.97. The van der Waals surface area contributed by atoms with Crippen LogP contribution in [0.15, 0.2) is 46.2 Å². The highest BCUT2D eigenvalue weighted by molar-refractivity contribution is 9.10. The highest BCUT2D eigenvalue weighted by Gasteiger charge is 2.41. The highest BCUT2D eigenvalue weighted by Crippen LogP contribution is 2.41. The zero-order chi connectivity index (χ0) is 17.7. The maximum atomic E-state index is 12.6. The fourth-order valence-corrected chi connectivity index (χ4v) is 3.45. The lowest BCUT2D eigenvalue weighted by Gasteiger charge is -2.32. The minimum Gasteiger partial charge on any atom is -0.501 e. The molecule has 0 aromatic heterocycles. The molecule has 0 heterocycles. The van der Waals surface area contributed by atoms with Crippen LogP contribution in [0.1, 0.15) is 25.3 Å². The van der Waals surface area contributed by atoms with Gasteiger partial charge in [0, 0.05) is 10.9 Å². The normalized spacial score (nSPS) is 20.0. The summed E-state index contributed by atoms with van der Waals surface area (Å²) in [4.78, 5) is 12.6. The smallest absolute Gasteiger partial charge is 0.319 e. The average Bonchev–Trinajstić information content (AvgIpc) is 2.61. The van der Waals surface area contributed by atoms with E-state index in [-0.39, 0.29) is 5.97 Å². The van der Waals surface area contributed by atoms with Crippen LogP contribution >= 0.6 is 15.9 Å². The number of benzene rings is 1. The van der Waals surface area contributed by atoms with Crippen molar-refractivity contribution in [1.82, 2.24) is 0 Å². The van der Waals surface area contributed by atoms with E-state index in [0.717, 1.165) is 27.1 Å². The lowest BCUT2D eigenvalue weighted by Crippen LogP contribution is -2.34. The minimum absolute atomic E-state index is 0.260. The largest absolute Gasteiger partial charge is 0.501 e. The maximum absolute atomic E-state index is 12.6. The van der Waals surface area contributed by atoms with Gasteiger partial charge in [-0.25, -0.2) is 0 Å². The van der Waals surface area contributed by atoms with Crippen molar-refractivity contribution in [1.29, 1.82) is 0 Å². The molecule has 0 radical (unpaired) electrons. The lowest BCUT2D eigenvalue weighted by atomic mass is 9.73. The topological polar surface area (TPSA) is 44.8 Å². The van der Waals surface area contributed by atoms with Crippen molar-refractivity contribution >= 4 is 21.9 Å². The summed E-state index contributed by atoms with van der Waals surface area (Å²) in [5, 5.41) is 0. The Morgan fingerprint density at radius 1 is 1.25 bits per heavy atom. The second-order valence-corrected chi connectivity index (χ2v) is 6.68. The fraction of sp³-hybridized carbons (Fsp3) is 0.421. The summed E-state index contributed by atoms with van der Waals surface area (Å²) in [6.07, 6.45) is 5.94. The van der Waals surface area contributed by atoms with Gasteiger partial charge in [0.15, 0.2) is 0 Å². The van der Waals surface area contributed by atoms with Crippen molar-refractivity contribution in [3.8, 4) is 5.75 Å². The first-order chi connectivity index (χ1) is 11.5. The third-order valence-corrected chi connectivity index (χ3v) is 5.35. The fourth-order valence-electron chi connectivity index (χ4n) is 3.00. The van der Waals surface area contributed by atoms with Crippen LogP contribution in [0.3, 0.4) is 0 Å². The van der Waals surface area contributed by atoms with Gasteiger partial charge in [-0.3, -0.25) is 4.79 Å². The summed E-state index contributed by atoms with van der Waals surface area (Å²) in [5.74, 6) is 1.32. The Bertz CT molecular complexity index is 678. The molecular formula is C19H23BrO4. The predicted octanol–water partition coefficient (Wildman–Crippen LogP) is 4.43. The molecular weight excluding hydrogens is 372 g/mol. The van der Waals surface area contributed by atoms with Crippen molar-refractivity contribution in [2.75, 3.05) is 21.3 Å². The number of hydrogen-bond donors (Lipinski definition) is 0. The van der Waals surface area contributed by atoms with E-state index in [1.807, 2.05) is 37.3 Å². The Morgan fingerprint density at radius 2 is 2.00 bits per heavy atom. The van der Waals surface area contributed by atoms with Crippen LogP contribution in [-0.4, -0.2) is 27.3 Å². The van der Waals surface area contributed by atoms with E-state index < -0.39 is 5.41 Å². The molecule has 0 aliphatic heterocycles. The van der Waals surface area contributed by atoms with E-state index in [4.69, 9.17) is 14.2 Å². The Morgan fingerprint density at radius 3 is 2.62 bits per heavy atom. The van der Waals surface area contributed by atoms with Crippen molar-refractivity contribution in [3.05, 3.63) is 51.7 Å². The van der Waals surface area contributed by atoms with Crippen LogP contribution in [0.4, 0.5) is 0 Å². The molecule has 0 saturated carbocycles. The number of hydrogen-bond acceptors (Lipinski definition) is 4. The van der Waals surface area contributed by atoms with Crippen molar-refractivity contribution in [2.24, 2.45) is 5.41 Å². The van der Waals surface area contributed by atoms with Crippen molar-refractivity contribution < 1.29 is 19.0 Å². The molecule has 130 valence electrons. The van der Waals surface area contributed by atoms with Crippen LogP contribution in [0.25, 0.3) is 0 Å². The molecule has 0 amide bonds. The molecule has 1 aromatic carbocycles. The first kappa shape index (κ1) is 18.6. The van der Waals surface area contributed by atoms with E-state index in [0.29, 0.717) is 19.3 Å². The summed E-state index contributed by atoms with van der Waals surface area (Å²) in [7, 11) is 4.69. The second-order valence-electron chi connectivity index (χ2n) is 5.83. The lowest BCUT2D eigenvalue weighted by molar-refractivity contribution is -0.148. The Balaban J connectivity index is 2.34. The van der Waals surface area contributed by atoms with Crippen LogP contribution in [-0.2, 0) is 20.7 Å². The van der Waals surface area contributed by atoms with Gasteiger partial charge in [0.25, 0.3) is 0 Å². The first-order valence-corrected chi connectivity index (χ1v) is 8.60. The number of carbonyl (C=O) groups is 1. The number of rotatable bonds is 6. The Labute approximate surface area is 151 Å². The van der Waals surface area contributed by atoms with E-state index in [1.165, 1.54) is 7.11 Å². The molecule has 4 nitrogen and oxygen atoms in total. The number of esters is 1. The highest BCUT2D eigenvalue weighted by atomic mass is 79.9. The van der Waals surface area contributed by atoms with Crippen molar-refractivity contribution in [3.63, 3.8) is 0 Å². The van der Waals surface area contributed by atoms with Crippen LogP contribution in [0.2, 0.25) is 0 Å². The summed E-state index contributed by atoms with van der Waals surface area (Å²) >= 11 is 3.57. The number of allylic oxidation sites excluding steroid dienone is 1.